The zero-order chi connectivity index (χ0) is 17.2. The van der Waals surface area contributed by atoms with Crippen LogP contribution in [-0.4, -0.2) is 37.8 Å². The number of amides is 1. The SMILES string of the molecule is Cc1ccc(C(=O)NC2CCN(S(=O)(=O)c3ccccc3)CC2)o1. The van der Waals surface area contributed by atoms with E-state index >= 15 is 0 Å². The van der Waals surface area contributed by atoms with Gasteiger partial charge in [-0.15, -0.1) is 0 Å². The molecule has 0 saturated carbocycles. The molecule has 1 aliphatic rings. The van der Waals surface area contributed by atoms with Crippen LogP contribution in [0.2, 0.25) is 0 Å². The van der Waals surface area contributed by atoms with Gasteiger partial charge in [-0.2, -0.15) is 4.31 Å². The molecule has 1 saturated heterocycles. The summed E-state index contributed by atoms with van der Waals surface area (Å²) in [4.78, 5) is 12.4. The van der Waals surface area contributed by atoms with Gasteiger partial charge in [0.1, 0.15) is 5.76 Å². The largest absolute Gasteiger partial charge is 0.456 e. The Bertz CT molecular complexity index is 806. The summed E-state index contributed by atoms with van der Waals surface area (Å²) in [5.41, 5.74) is 0. The summed E-state index contributed by atoms with van der Waals surface area (Å²) >= 11 is 0. The van der Waals surface area contributed by atoms with E-state index in [2.05, 4.69) is 5.32 Å². The second-order valence-corrected chi connectivity index (χ2v) is 7.81. The van der Waals surface area contributed by atoms with Crippen LogP contribution in [0.3, 0.4) is 0 Å². The third-order valence-electron chi connectivity index (χ3n) is 4.13. The van der Waals surface area contributed by atoms with Crippen molar-refractivity contribution < 1.29 is 17.6 Å². The van der Waals surface area contributed by atoms with E-state index in [0.29, 0.717) is 36.6 Å². The van der Waals surface area contributed by atoms with Crippen molar-refractivity contribution in [1.82, 2.24) is 9.62 Å². The molecule has 0 unspecified atom stereocenters. The minimum absolute atomic E-state index is 0.0508. The Morgan fingerprint density at radius 2 is 1.79 bits per heavy atom. The molecule has 1 aromatic carbocycles. The number of piperidine rings is 1. The summed E-state index contributed by atoms with van der Waals surface area (Å²) in [6, 6.07) is 11.7. The van der Waals surface area contributed by atoms with Crippen molar-refractivity contribution in [1.29, 1.82) is 0 Å². The highest BCUT2D eigenvalue weighted by Crippen LogP contribution is 2.20. The summed E-state index contributed by atoms with van der Waals surface area (Å²) in [6.07, 6.45) is 1.16. The van der Waals surface area contributed by atoms with Gasteiger partial charge in [0, 0.05) is 19.1 Å². The van der Waals surface area contributed by atoms with Crippen LogP contribution in [0.25, 0.3) is 0 Å². The van der Waals surface area contributed by atoms with Crippen molar-refractivity contribution >= 4 is 15.9 Å². The summed E-state index contributed by atoms with van der Waals surface area (Å²) in [7, 11) is -3.46. The highest BCUT2D eigenvalue weighted by molar-refractivity contribution is 7.89. The van der Waals surface area contributed by atoms with Gasteiger partial charge in [-0.25, -0.2) is 8.42 Å². The van der Waals surface area contributed by atoms with Crippen molar-refractivity contribution in [3.63, 3.8) is 0 Å². The van der Waals surface area contributed by atoms with Crippen molar-refractivity contribution in [2.75, 3.05) is 13.1 Å². The molecule has 3 rings (SSSR count). The molecular weight excluding hydrogens is 328 g/mol. The number of rotatable bonds is 4. The van der Waals surface area contributed by atoms with Crippen molar-refractivity contribution in [3.05, 3.63) is 54.0 Å². The van der Waals surface area contributed by atoms with E-state index in [-0.39, 0.29) is 17.7 Å². The lowest BCUT2D eigenvalue weighted by atomic mass is 10.1. The van der Waals surface area contributed by atoms with E-state index in [0.717, 1.165) is 0 Å². The first-order valence-corrected chi connectivity index (χ1v) is 9.33. The number of carbonyl (C=O) groups is 1. The lowest BCUT2D eigenvalue weighted by molar-refractivity contribution is 0.0894. The number of hydrogen-bond donors (Lipinski definition) is 1. The zero-order valence-corrected chi connectivity index (χ0v) is 14.3. The Kier molecular flexibility index (Phi) is 4.73. The van der Waals surface area contributed by atoms with Gasteiger partial charge in [0.25, 0.3) is 5.91 Å². The van der Waals surface area contributed by atoms with Crippen LogP contribution in [-0.2, 0) is 10.0 Å². The van der Waals surface area contributed by atoms with E-state index in [1.807, 2.05) is 0 Å². The first-order chi connectivity index (χ1) is 11.5. The Labute approximate surface area is 141 Å². The van der Waals surface area contributed by atoms with Gasteiger partial charge < -0.3 is 9.73 Å². The van der Waals surface area contributed by atoms with Gasteiger partial charge in [-0.3, -0.25) is 4.79 Å². The molecule has 0 aliphatic carbocycles. The van der Waals surface area contributed by atoms with Gasteiger partial charge in [-0.1, -0.05) is 18.2 Å². The Hall–Kier alpha value is -2.12. The van der Waals surface area contributed by atoms with Gasteiger partial charge in [0.2, 0.25) is 10.0 Å². The van der Waals surface area contributed by atoms with E-state index in [1.54, 1.807) is 49.4 Å². The Balaban J connectivity index is 1.59. The number of aryl methyl sites for hydroxylation is 1. The maximum absolute atomic E-state index is 12.6. The first-order valence-electron chi connectivity index (χ1n) is 7.89. The van der Waals surface area contributed by atoms with Crippen LogP contribution in [0.15, 0.2) is 51.8 Å². The predicted molar refractivity (Wildman–Crippen MR) is 89.1 cm³/mol. The minimum Gasteiger partial charge on any atom is -0.456 e. The van der Waals surface area contributed by atoms with Gasteiger partial charge >= 0.3 is 0 Å². The maximum Gasteiger partial charge on any atom is 0.287 e. The first kappa shape index (κ1) is 16.7. The smallest absolute Gasteiger partial charge is 0.287 e. The minimum atomic E-state index is -3.46. The molecule has 0 spiro atoms. The second kappa shape index (κ2) is 6.78. The molecule has 1 amide bonds. The lowest BCUT2D eigenvalue weighted by Gasteiger charge is -2.31. The summed E-state index contributed by atoms with van der Waals surface area (Å²) in [6.45, 7) is 2.56. The van der Waals surface area contributed by atoms with Crippen molar-refractivity contribution in [2.24, 2.45) is 0 Å². The number of furan rings is 1. The van der Waals surface area contributed by atoms with Gasteiger partial charge in [0.15, 0.2) is 5.76 Å². The molecule has 1 N–H and O–H groups in total. The number of benzene rings is 1. The average molecular weight is 348 g/mol. The molecule has 2 heterocycles. The molecule has 2 aromatic rings. The highest BCUT2D eigenvalue weighted by Gasteiger charge is 2.30. The van der Waals surface area contributed by atoms with E-state index < -0.39 is 10.0 Å². The molecule has 6 nitrogen and oxygen atoms in total. The molecular formula is C17H20N2O4S. The topological polar surface area (TPSA) is 79.6 Å². The number of carbonyl (C=O) groups excluding carboxylic acids is 1. The summed E-state index contributed by atoms with van der Waals surface area (Å²) in [5, 5.41) is 2.91. The van der Waals surface area contributed by atoms with Crippen molar-refractivity contribution in [2.45, 2.75) is 30.7 Å². The van der Waals surface area contributed by atoms with Crippen LogP contribution in [0.4, 0.5) is 0 Å². The van der Waals surface area contributed by atoms with Crippen molar-refractivity contribution in [3.8, 4) is 0 Å². The van der Waals surface area contributed by atoms with Crippen LogP contribution >= 0.6 is 0 Å². The predicted octanol–water partition coefficient (Wildman–Crippen LogP) is 2.17. The quantitative estimate of drug-likeness (QED) is 0.918. The van der Waals surface area contributed by atoms with E-state index in [4.69, 9.17) is 4.42 Å². The van der Waals surface area contributed by atoms with Crippen LogP contribution in [0.1, 0.15) is 29.2 Å². The average Bonchev–Trinajstić information content (AvgIpc) is 3.03. The highest BCUT2D eigenvalue weighted by atomic mass is 32.2. The lowest BCUT2D eigenvalue weighted by Crippen LogP contribution is -2.46. The fraction of sp³-hybridized carbons (Fsp3) is 0.353. The fourth-order valence-corrected chi connectivity index (χ4v) is 4.29. The summed E-state index contributed by atoms with van der Waals surface area (Å²) < 4.78 is 31.9. The van der Waals surface area contributed by atoms with Crippen LogP contribution in [0, 0.1) is 6.92 Å². The standard InChI is InChI=1S/C17H20N2O4S/c1-13-7-8-16(23-13)17(20)18-14-9-11-19(12-10-14)24(21,22)15-5-3-2-4-6-15/h2-8,14H,9-12H2,1H3,(H,18,20). The fourth-order valence-electron chi connectivity index (χ4n) is 2.80. The maximum atomic E-state index is 12.6. The molecule has 1 aromatic heterocycles. The molecule has 0 atom stereocenters. The Morgan fingerprint density at radius 3 is 2.38 bits per heavy atom. The van der Waals surface area contributed by atoms with E-state index in [1.165, 1.54) is 4.31 Å². The molecule has 128 valence electrons. The van der Waals surface area contributed by atoms with E-state index in [9.17, 15) is 13.2 Å². The summed E-state index contributed by atoms with van der Waals surface area (Å²) in [5.74, 6) is 0.711. The molecule has 0 radical (unpaired) electrons. The number of nitrogens with one attached hydrogen (secondary N) is 1. The molecule has 0 bridgehead atoms. The van der Waals surface area contributed by atoms with Crippen LogP contribution < -0.4 is 5.32 Å². The van der Waals surface area contributed by atoms with Crippen LogP contribution in [0.5, 0.6) is 0 Å². The van der Waals surface area contributed by atoms with Gasteiger partial charge in [-0.05, 0) is 44.0 Å². The molecule has 1 fully saturated rings. The zero-order valence-electron chi connectivity index (χ0n) is 13.4. The molecule has 7 heteroatoms. The normalized spacial score (nSPS) is 16.9. The monoisotopic (exact) mass is 348 g/mol. The number of nitrogens with zero attached hydrogens (tertiary/aromatic N) is 1. The Morgan fingerprint density at radius 1 is 1.12 bits per heavy atom. The molecule has 1 aliphatic heterocycles. The van der Waals surface area contributed by atoms with Gasteiger partial charge in [0.05, 0.1) is 4.90 Å². The number of sulfonamides is 1. The second-order valence-electron chi connectivity index (χ2n) is 5.88. The molecule has 24 heavy (non-hydrogen) atoms. The number of hydrogen-bond acceptors (Lipinski definition) is 4. The third-order valence-corrected chi connectivity index (χ3v) is 6.05. The third kappa shape index (κ3) is 3.52.